The molecule has 1 heterocycles. The number of hydrogen-bond acceptors (Lipinski definition) is 2. The molecule has 1 aromatic heterocycles. The van der Waals surface area contributed by atoms with Crippen LogP contribution < -0.4 is 0 Å². The third kappa shape index (κ3) is 4.35. The number of imidazole rings is 1. The molecule has 0 spiro atoms. The number of aromatic amines is 1. The number of aromatic nitrogens is 2. The van der Waals surface area contributed by atoms with Crippen molar-refractivity contribution in [2.24, 2.45) is 0 Å². The van der Waals surface area contributed by atoms with Crippen LogP contribution >= 0.6 is 0 Å². The molecule has 0 fully saturated rings. The van der Waals surface area contributed by atoms with Crippen LogP contribution in [-0.2, 0) is 12.8 Å². The maximum absolute atomic E-state index is 4.41. The van der Waals surface area contributed by atoms with Gasteiger partial charge in [-0.2, -0.15) is 0 Å². The summed E-state index contributed by atoms with van der Waals surface area (Å²) >= 11 is 0. The van der Waals surface area contributed by atoms with Gasteiger partial charge in [0, 0.05) is 31.3 Å². The first kappa shape index (κ1) is 13.2. The van der Waals surface area contributed by atoms with Crippen molar-refractivity contribution in [3.63, 3.8) is 0 Å². The Kier molecular flexibility index (Phi) is 6.16. The summed E-state index contributed by atoms with van der Waals surface area (Å²) in [5.74, 6) is 1.15. The van der Waals surface area contributed by atoms with Gasteiger partial charge in [-0.05, 0) is 19.5 Å². The zero-order valence-corrected chi connectivity index (χ0v) is 10.9. The van der Waals surface area contributed by atoms with Crippen LogP contribution in [0.2, 0.25) is 0 Å². The molecule has 0 bridgehead atoms. The van der Waals surface area contributed by atoms with Crippen LogP contribution in [0.4, 0.5) is 0 Å². The summed E-state index contributed by atoms with van der Waals surface area (Å²) in [7, 11) is 0. The first-order chi connectivity index (χ1) is 7.80. The molecule has 92 valence electrons. The Morgan fingerprint density at radius 3 is 2.56 bits per heavy atom. The first-order valence-electron chi connectivity index (χ1n) is 6.55. The second kappa shape index (κ2) is 7.44. The number of hydrogen-bond donors (Lipinski definition) is 1. The fourth-order valence-corrected chi connectivity index (χ4v) is 1.82. The van der Waals surface area contributed by atoms with E-state index in [0.29, 0.717) is 0 Å². The summed E-state index contributed by atoms with van der Waals surface area (Å²) in [6, 6.07) is 0. The van der Waals surface area contributed by atoms with E-state index >= 15 is 0 Å². The van der Waals surface area contributed by atoms with Gasteiger partial charge in [0.1, 0.15) is 5.82 Å². The number of aryl methyl sites for hydroxylation is 1. The fourth-order valence-electron chi connectivity index (χ4n) is 1.82. The molecule has 0 saturated heterocycles. The van der Waals surface area contributed by atoms with Crippen LogP contribution in [0.3, 0.4) is 0 Å². The van der Waals surface area contributed by atoms with Crippen molar-refractivity contribution in [3.8, 4) is 0 Å². The minimum atomic E-state index is 1.08. The van der Waals surface area contributed by atoms with Crippen LogP contribution in [0.25, 0.3) is 0 Å². The topological polar surface area (TPSA) is 31.9 Å². The molecule has 0 aliphatic heterocycles. The number of H-pyrrole nitrogens is 1. The van der Waals surface area contributed by atoms with E-state index in [1.807, 2.05) is 6.20 Å². The molecule has 0 radical (unpaired) electrons. The molecular formula is C13H25N3. The van der Waals surface area contributed by atoms with Gasteiger partial charge >= 0.3 is 0 Å². The van der Waals surface area contributed by atoms with E-state index in [2.05, 4.69) is 35.6 Å². The molecule has 1 N–H and O–H groups in total. The van der Waals surface area contributed by atoms with Gasteiger partial charge in [-0.15, -0.1) is 0 Å². The zero-order valence-electron chi connectivity index (χ0n) is 10.9. The molecule has 0 unspecified atom stereocenters. The minimum absolute atomic E-state index is 1.08. The lowest BCUT2D eigenvalue weighted by molar-refractivity contribution is 0.307. The van der Waals surface area contributed by atoms with Crippen LogP contribution in [0.15, 0.2) is 6.20 Å². The van der Waals surface area contributed by atoms with E-state index in [9.17, 15) is 0 Å². The summed E-state index contributed by atoms with van der Waals surface area (Å²) in [5.41, 5.74) is 1.28. The van der Waals surface area contributed by atoms with E-state index in [0.717, 1.165) is 38.3 Å². The largest absolute Gasteiger partial charge is 0.346 e. The molecular weight excluding hydrogens is 198 g/mol. The molecule has 0 aliphatic rings. The van der Waals surface area contributed by atoms with Crippen molar-refractivity contribution in [2.45, 2.75) is 46.5 Å². The van der Waals surface area contributed by atoms with Crippen molar-refractivity contribution >= 4 is 0 Å². The maximum Gasteiger partial charge on any atom is 0.106 e. The summed E-state index contributed by atoms with van der Waals surface area (Å²) in [5, 5.41) is 0. The van der Waals surface area contributed by atoms with Gasteiger partial charge in [-0.25, -0.2) is 4.98 Å². The van der Waals surface area contributed by atoms with E-state index in [1.165, 1.54) is 18.5 Å². The fraction of sp³-hybridized carbons (Fsp3) is 0.769. The highest BCUT2D eigenvalue weighted by molar-refractivity contribution is 5.02. The van der Waals surface area contributed by atoms with Crippen molar-refractivity contribution in [1.29, 1.82) is 0 Å². The van der Waals surface area contributed by atoms with E-state index in [-0.39, 0.29) is 0 Å². The molecule has 1 rings (SSSR count). The molecule has 0 aromatic carbocycles. The summed E-state index contributed by atoms with van der Waals surface area (Å²) in [4.78, 5) is 10.3. The second-order valence-electron chi connectivity index (χ2n) is 4.24. The van der Waals surface area contributed by atoms with E-state index in [1.54, 1.807) is 0 Å². The van der Waals surface area contributed by atoms with Gasteiger partial charge < -0.3 is 9.88 Å². The van der Waals surface area contributed by atoms with Crippen molar-refractivity contribution < 1.29 is 0 Å². The Balaban J connectivity index is 2.33. The molecule has 1 aromatic rings. The molecule has 0 saturated carbocycles. The smallest absolute Gasteiger partial charge is 0.106 e. The lowest BCUT2D eigenvalue weighted by Crippen LogP contribution is -2.25. The number of unbranched alkanes of at least 4 members (excludes halogenated alkanes) is 1. The summed E-state index contributed by atoms with van der Waals surface area (Å²) in [6.07, 6.45) is 6.62. The van der Waals surface area contributed by atoms with Crippen LogP contribution in [0, 0.1) is 0 Å². The quantitative estimate of drug-likeness (QED) is 0.734. The Hall–Kier alpha value is -0.830. The Morgan fingerprint density at radius 1 is 1.19 bits per heavy atom. The minimum Gasteiger partial charge on any atom is -0.346 e. The second-order valence-corrected chi connectivity index (χ2v) is 4.24. The Bertz CT molecular complexity index is 276. The normalized spacial score (nSPS) is 11.2. The van der Waals surface area contributed by atoms with Gasteiger partial charge in [0.25, 0.3) is 0 Å². The van der Waals surface area contributed by atoms with Gasteiger partial charge in [-0.3, -0.25) is 0 Å². The van der Waals surface area contributed by atoms with Crippen LogP contribution in [0.1, 0.15) is 45.1 Å². The number of rotatable bonds is 8. The standard InChI is InChI=1S/C13H25N3/c1-4-7-8-13-14-11-12(15-13)9-10-16(5-2)6-3/h11H,4-10H2,1-3H3,(H,14,15). The monoisotopic (exact) mass is 223 g/mol. The highest BCUT2D eigenvalue weighted by atomic mass is 15.1. The summed E-state index contributed by atoms with van der Waals surface area (Å²) in [6.45, 7) is 10.0. The van der Waals surface area contributed by atoms with Gasteiger partial charge in [0.2, 0.25) is 0 Å². The Morgan fingerprint density at radius 2 is 1.94 bits per heavy atom. The third-order valence-electron chi connectivity index (χ3n) is 3.04. The lowest BCUT2D eigenvalue weighted by atomic mass is 10.2. The molecule has 3 nitrogen and oxygen atoms in total. The highest BCUT2D eigenvalue weighted by Crippen LogP contribution is 2.03. The van der Waals surface area contributed by atoms with Crippen LogP contribution in [-0.4, -0.2) is 34.5 Å². The van der Waals surface area contributed by atoms with Crippen molar-refractivity contribution in [2.75, 3.05) is 19.6 Å². The van der Waals surface area contributed by atoms with Crippen molar-refractivity contribution in [1.82, 2.24) is 14.9 Å². The molecule has 0 atom stereocenters. The SMILES string of the molecule is CCCCc1ncc(CCN(CC)CC)[nH]1. The number of nitrogens with zero attached hydrogens (tertiary/aromatic N) is 2. The van der Waals surface area contributed by atoms with Gasteiger partial charge in [0.15, 0.2) is 0 Å². The molecule has 0 aliphatic carbocycles. The first-order valence-corrected chi connectivity index (χ1v) is 6.55. The molecule has 0 amide bonds. The predicted molar refractivity (Wildman–Crippen MR) is 68.7 cm³/mol. The van der Waals surface area contributed by atoms with Gasteiger partial charge in [-0.1, -0.05) is 27.2 Å². The molecule has 3 heteroatoms. The average molecular weight is 223 g/mol. The van der Waals surface area contributed by atoms with Crippen molar-refractivity contribution in [3.05, 3.63) is 17.7 Å². The van der Waals surface area contributed by atoms with E-state index in [4.69, 9.17) is 0 Å². The van der Waals surface area contributed by atoms with E-state index < -0.39 is 0 Å². The Labute approximate surface area is 99.3 Å². The average Bonchev–Trinajstić information content (AvgIpc) is 2.76. The lowest BCUT2D eigenvalue weighted by Gasteiger charge is -2.16. The number of likely N-dealkylation sites (N-methyl/N-ethyl adjacent to an activating group) is 1. The number of nitrogens with one attached hydrogen (secondary N) is 1. The summed E-state index contributed by atoms with van der Waals surface area (Å²) < 4.78 is 0. The van der Waals surface area contributed by atoms with Crippen LogP contribution in [0.5, 0.6) is 0 Å². The van der Waals surface area contributed by atoms with Gasteiger partial charge in [0.05, 0.1) is 0 Å². The highest BCUT2D eigenvalue weighted by Gasteiger charge is 2.03. The third-order valence-corrected chi connectivity index (χ3v) is 3.04. The zero-order chi connectivity index (χ0) is 11.8. The maximum atomic E-state index is 4.41. The molecule has 16 heavy (non-hydrogen) atoms. The predicted octanol–water partition coefficient (Wildman–Crippen LogP) is 2.64.